The third-order valence-electron chi connectivity index (χ3n) is 2.61. The zero-order valence-electron chi connectivity index (χ0n) is 10.8. The summed E-state index contributed by atoms with van der Waals surface area (Å²) in [6, 6.07) is 9.48. The molecule has 0 aliphatic rings. The number of anilines is 1. The molecule has 19 heavy (non-hydrogen) atoms. The zero-order valence-corrected chi connectivity index (χ0v) is 12.4. The fourth-order valence-corrected chi connectivity index (χ4v) is 1.99. The Morgan fingerprint density at radius 2 is 2.11 bits per heavy atom. The number of hydrogen-bond donors (Lipinski definition) is 1. The highest BCUT2D eigenvalue weighted by Gasteiger charge is 2.07. The summed E-state index contributed by atoms with van der Waals surface area (Å²) in [5.74, 6) is 1.11. The number of aliphatic hydroxyl groups is 1. The zero-order chi connectivity index (χ0) is 13.8. The highest BCUT2D eigenvalue weighted by Crippen LogP contribution is 2.27. The highest BCUT2D eigenvalue weighted by atomic mass is 79.9. The molecule has 0 radical (unpaired) electrons. The average molecular weight is 323 g/mol. The lowest BCUT2D eigenvalue weighted by atomic mass is 10.2. The Balaban J connectivity index is 2.28. The number of pyridine rings is 1. The molecule has 0 saturated carbocycles. The van der Waals surface area contributed by atoms with Gasteiger partial charge in [-0.25, -0.2) is 4.98 Å². The molecule has 2 aromatic rings. The molecule has 100 valence electrons. The van der Waals surface area contributed by atoms with E-state index >= 15 is 0 Å². The fourth-order valence-electron chi connectivity index (χ4n) is 1.61. The molecule has 0 aliphatic heterocycles. The first kappa shape index (κ1) is 13.8. The average Bonchev–Trinajstić information content (AvgIpc) is 2.41. The minimum atomic E-state index is -0.116. The molecular formula is C14H15BrN2O2. The fraction of sp³-hybridized carbons (Fsp3) is 0.214. The Bertz CT molecular complexity index is 573. The van der Waals surface area contributed by atoms with Crippen LogP contribution in [0.4, 0.5) is 5.69 Å². The summed E-state index contributed by atoms with van der Waals surface area (Å²) < 4.78 is 6.54. The van der Waals surface area contributed by atoms with E-state index in [0.29, 0.717) is 17.2 Å². The minimum Gasteiger partial charge on any atom is -0.439 e. The van der Waals surface area contributed by atoms with Crippen LogP contribution in [0.25, 0.3) is 0 Å². The second kappa shape index (κ2) is 6.04. The van der Waals surface area contributed by atoms with Crippen molar-refractivity contribution in [1.29, 1.82) is 0 Å². The van der Waals surface area contributed by atoms with Crippen molar-refractivity contribution in [3.05, 3.63) is 46.6 Å². The van der Waals surface area contributed by atoms with Gasteiger partial charge in [-0.3, -0.25) is 0 Å². The molecule has 0 aliphatic carbocycles. The van der Waals surface area contributed by atoms with Crippen LogP contribution in [0, 0.1) is 0 Å². The molecule has 0 unspecified atom stereocenters. The summed E-state index contributed by atoms with van der Waals surface area (Å²) in [6.07, 6.45) is 1.64. The third kappa shape index (κ3) is 3.45. The molecule has 1 aromatic carbocycles. The summed E-state index contributed by atoms with van der Waals surface area (Å²) in [7, 11) is 3.94. The number of ether oxygens (including phenoxy) is 1. The van der Waals surface area contributed by atoms with Crippen molar-refractivity contribution in [2.45, 2.75) is 6.61 Å². The van der Waals surface area contributed by atoms with Gasteiger partial charge < -0.3 is 14.7 Å². The van der Waals surface area contributed by atoms with Gasteiger partial charge in [0.05, 0.1) is 6.61 Å². The van der Waals surface area contributed by atoms with Gasteiger partial charge in [0.15, 0.2) is 0 Å². The summed E-state index contributed by atoms with van der Waals surface area (Å²) in [6.45, 7) is -0.116. The maximum absolute atomic E-state index is 9.31. The number of nitrogens with zero attached hydrogens (tertiary/aromatic N) is 2. The van der Waals surface area contributed by atoms with Gasteiger partial charge in [0.25, 0.3) is 0 Å². The molecular weight excluding hydrogens is 308 g/mol. The normalized spacial score (nSPS) is 10.3. The lowest BCUT2D eigenvalue weighted by Gasteiger charge is -2.14. The number of hydrogen-bond acceptors (Lipinski definition) is 4. The Morgan fingerprint density at radius 1 is 1.32 bits per heavy atom. The second-order valence-corrected chi connectivity index (χ2v) is 5.19. The minimum absolute atomic E-state index is 0.116. The van der Waals surface area contributed by atoms with Crippen LogP contribution in [0.3, 0.4) is 0 Å². The predicted octanol–water partition coefficient (Wildman–Crippen LogP) is 3.19. The first-order valence-electron chi connectivity index (χ1n) is 5.80. The summed E-state index contributed by atoms with van der Waals surface area (Å²) in [5, 5.41) is 9.31. The molecule has 0 atom stereocenters. The van der Waals surface area contributed by atoms with Crippen molar-refractivity contribution in [1.82, 2.24) is 4.98 Å². The van der Waals surface area contributed by atoms with E-state index in [1.807, 2.05) is 43.3 Å². The van der Waals surface area contributed by atoms with Crippen molar-refractivity contribution in [2.24, 2.45) is 0 Å². The topological polar surface area (TPSA) is 45.6 Å². The molecule has 5 heteroatoms. The third-order valence-corrected chi connectivity index (χ3v) is 3.04. The number of benzene rings is 1. The van der Waals surface area contributed by atoms with Gasteiger partial charge in [0.1, 0.15) is 5.75 Å². The van der Waals surface area contributed by atoms with E-state index < -0.39 is 0 Å². The van der Waals surface area contributed by atoms with Gasteiger partial charge in [-0.15, -0.1) is 0 Å². The Morgan fingerprint density at radius 3 is 2.79 bits per heavy atom. The van der Waals surface area contributed by atoms with E-state index in [1.165, 1.54) is 0 Å². The summed E-state index contributed by atoms with van der Waals surface area (Å²) in [4.78, 5) is 6.17. The van der Waals surface area contributed by atoms with Crippen LogP contribution in [-0.2, 0) is 6.61 Å². The molecule has 1 aromatic heterocycles. The van der Waals surface area contributed by atoms with E-state index in [1.54, 1.807) is 12.3 Å². The van der Waals surface area contributed by atoms with E-state index in [9.17, 15) is 5.11 Å². The van der Waals surface area contributed by atoms with Crippen molar-refractivity contribution < 1.29 is 9.84 Å². The van der Waals surface area contributed by atoms with Gasteiger partial charge in [0.2, 0.25) is 5.88 Å². The lowest BCUT2D eigenvalue weighted by Crippen LogP contribution is -2.08. The molecule has 1 heterocycles. The van der Waals surface area contributed by atoms with Crippen LogP contribution in [0.2, 0.25) is 0 Å². The molecule has 0 fully saturated rings. The van der Waals surface area contributed by atoms with E-state index in [-0.39, 0.29) is 6.61 Å². The van der Waals surface area contributed by atoms with E-state index in [0.717, 1.165) is 10.2 Å². The maximum atomic E-state index is 9.31. The van der Waals surface area contributed by atoms with Crippen molar-refractivity contribution in [2.75, 3.05) is 19.0 Å². The monoisotopic (exact) mass is 322 g/mol. The summed E-state index contributed by atoms with van der Waals surface area (Å²) in [5.41, 5.74) is 1.68. The van der Waals surface area contributed by atoms with Gasteiger partial charge in [-0.1, -0.05) is 6.07 Å². The maximum Gasteiger partial charge on any atom is 0.224 e. The van der Waals surface area contributed by atoms with Crippen molar-refractivity contribution in [3.8, 4) is 11.6 Å². The summed E-state index contributed by atoms with van der Waals surface area (Å²) >= 11 is 3.32. The van der Waals surface area contributed by atoms with Crippen molar-refractivity contribution >= 4 is 21.6 Å². The molecule has 0 bridgehead atoms. The van der Waals surface area contributed by atoms with Gasteiger partial charge >= 0.3 is 0 Å². The van der Waals surface area contributed by atoms with E-state index in [4.69, 9.17) is 4.74 Å². The predicted molar refractivity (Wildman–Crippen MR) is 78.7 cm³/mol. The quantitative estimate of drug-likeness (QED) is 0.939. The number of aromatic nitrogens is 1. The van der Waals surface area contributed by atoms with Crippen LogP contribution in [0.15, 0.2) is 41.0 Å². The smallest absolute Gasteiger partial charge is 0.224 e. The van der Waals surface area contributed by atoms with Crippen molar-refractivity contribution in [3.63, 3.8) is 0 Å². The standard InChI is InChI=1S/C14H15BrN2O2/c1-17(2)12-4-3-5-13(7-12)19-14-10(9-18)6-11(15)8-16-14/h3-8,18H,9H2,1-2H3. The van der Waals surface area contributed by atoms with Gasteiger partial charge in [0, 0.05) is 42.1 Å². The molecule has 4 nitrogen and oxygen atoms in total. The van der Waals surface area contributed by atoms with Crippen LogP contribution in [0.5, 0.6) is 11.6 Å². The van der Waals surface area contributed by atoms with Crippen LogP contribution in [0.1, 0.15) is 5.56 Å². The van der Waals surface area contributed by atoms with Gasteiger partial charge in [-0.2, -0.15) is 0 Å². The number of rotatable bonds is 4. The van der Waals surface area contributed by atoms with Crippen LogP contribution >= 0.6 is 15.9 Å². The van der Waals surface area contributed by atoms with Gasteiger partial charge in [-0.05, 0) is 34.1 Å². The Labute approximate surface area is 120 Å². The number of halogens is 1. The molecule has 0 spiro atoms. The Kier molecular flexibility index (Phi) is 4.39. The first-order chi connectivity index (χ1) is 9.10. The molecule has 0 amide bonds. The molecule has 2 rings (SSSR count). The Hall–Kier alpha value is -1.59. The highest BCUT2D eigenvalue weighted by molar-refractivity contribution is 9.10. The van der Waals surface area contributed by atoms with Crippen LogP contribution < -0.4 is 9.64 Å². The second-order valence-electron chi connectivity index (χ2n) is 4.27. The molecule has 1 N–H and O–H groups in total. The van der Waals surface area contributed by atoms with Crippen LogP contribution in [-0.4, -0.2) is 24.2 Å². The lowest BCUT2D eigenvalue weighted by molar-refractivity contribution is 0.275. The largest absolute Gasteiger partial charge is 0.439 e. The number of aliphatic hydroxyl groups excluding tert-OH is 1. The SMILES string of the molecule is CN(C)c1cccc(Oc2ncc(Br)cc2CO)c1. The molecule has 0 saturated heterocycles. The first-order valence-corrected chi connectivity index (χ1v) is 6.60. The van der Waals surface area contributed by atoms with E-state index in [2.05, 4.69) is 20.9 Å².